The maximum atomic E-state index is 12.2. The number of carbonyl (C=O) groups is 7. The van der Waals surface area contributed by atoms with Crippen molar-refractivity contribution in [1.29, 1.82) is 0 Å². The average Bonchev–Trinajstić information content (AvgIpc) is 1.70. The fourth-order valence-corrected chi connectivity index (χ4v) is 15.4. The number of anilines is 1. The third kappa shape index (κ3) is 58.7. The Bertz CT molecular complexity index is 5850. The van der Waals surface area contributed by atoms with Crippen LogP contribution in [0.25, 0.3) is 21.6 Å². The van der Waals surface area contributed by atoms with Gasteiger partial charge in [0.05, 0.1) is 31.6 Å². The maximum Gasteiger partial charge on any atom is 0.251 e. The molecule has 0 aliphatic carbocycles. The lowest BCUT2D eigenvalue weighted by atomic mass is 9.79. The minimum Gasteiger partial charge on any atom is -0.508 e. The molecule has 18 nitrogen and oxygen atoms in total. The van der Waals surface area contributed by atoms with Gasteiger partial charge in [-0.3, -0.25) is 43.5 Å². The SMILES string of the molecule is CC(C)(C)C(=O)CCc1cccc(O)c1.CC(C)(C)C(=O)CCc1ccccc1.CC(C)(C)CC(=O)NCc1ccccc1.CC(C)(C)CCC(C)(C)C(=O)Nc1ccccc1.CC(C)(C)CCCNC(=O)c1ccccc1.CC(C)(C)Cc1ccccn1.CC(C)(C)c1cccc2nsnc12.CC(C)(C)c1csc(-c2ccncc2)n1.COc1ccc(CCC(=O)C(C)(C)C)cc1.COc1ccccc1CCC(=O)C(C)(C)C. The summed E-state index contributed by atoms with van der Waals surface area (Å²) in [5.74, 6) is 3.40. The highest BCUT2D eigenvalue weighted by Gasteiger charge is 2.31. The summed E-state index contributed by atoms with van der Waals surface area (Å²) in [5, 5.41) is 21.3. The second-order valence-corrected chi connectivity index (χ2v) is 50.7. The largest absolute Gasteiger partial charge is 0.508 e. The van der Waals surface area contributed by atoms with Gasteiger partial charge in [0.15, 0.2) is 0 Å². The average molecular weight is 2070 g/mol. The van der Waals surface area contributed by atoms with Crippen molar-refractivity contribution < 1.29 is 48.1 Å². The van der Waals surface area contributed by atoms with Gasteiger partial charge < -0.3 is 30.5 Å². The molecule has 0 aliphatic rings. The van der Waals surface area contributed by atoms with E-state index in [0.717, 1.165) is 125 Å². The molecule has 0 radical (unpaired) electrons. The van der Waals surface area contributed by atoms with Gasteiger partial charge in [0.25, 0.3) is 5.91 Å². The Labute approximate surface area is 905 Å². The van der Waals surface area contributed by atoms with Crippen LogP contribution in [0.1, 0.15) is 334 Å². The number of fused-ring (bicyclic) bond motifs is 1. The number of amides is 3. The van der Waals surface area contributed by atoms with Gasteiger partial charge in [-0.05, 0) is 203 Å². The van der Waals surface area contributed by atoms with Gasteiger partial charge in [0, 0.05) is 124 Å². The Kier molecular flexibility index (Phi) is 55.6. The summed E-state index contributed by atoms with van der Waals surface area (Å²) in [6.07, 6.45) is 16.6. The number of aryl methyl sites for hydroxylation is 4. The summed E-state index contributed by atoms with van der Waals surface area (Å²) < 4.78 is 18.9. The van der Waals surface area contributed by atoms with E-state index in [1.807, 2.05) is 303 Å². The van der Waals surface area contributed by atoms with Gasteiger partial charge in [-0.25, -0.2) is 4.98 Å². The number of pyridine rings is 2. The Balaban J connectivity index is 0.000000426. The molecular weight excluding hydrogens is 1890 g/mol. The Hall–Kier alpha value is -12.0. The first-order valence-corrected chi connectivity index (χ1v) is 54.0. The Morgan fingerprint density at radius 3 is 1.34 bits per heavy atom. The van der Waals surface area contributed by atoms with Gasteiger partial charge in [-0.15, -0.1) is 11.3 Å². The predicted octanol–water partition coefficient (Wildman–Crippen LogP) is 32.3. The van der Waals surface area contributed by atoms with Gasteiger partial charge in [-0.1, -0.05) is 379 Å². The van der Waals surface area contributed by atoms with E-state index in [1.165, 1.54) is 34.1 Å². The van der Waals surface area contributed by atoms with Crippen molar-refractivity contribution in [3.05, 3.63) is 317 Å². The zero-order valence-electron chi connectivity index (χ0n) is 96.9. The number of ether oxygens (including phenoxy) is 2. The first-order valence-electron chi connectivity index (χ1n) is 52.4. The first kappa shape index (κ1) is 131. The predicted molar refractivity (Wildman–Crippen MR) is 627 cm³/mol. The lowest BCUT2D eigenvalue weighted by Crippen LogP contribution is -2.31. The topological polar surface area (TPSA) is 259 Å². The van der Waals surface area contributed by atoms with Crippen LogP contribution in [0.4, 0.5) is 5.69 Å². The summed E-state index contributed by atoms with van der Waals surface area (Å²) >= 11 is 2.97. The number of aromatic nitrogens is 5. The molecule has 0 atom stereocenters. The molecule has 3 amide bonds. The van der Waals surface area contributed by atoms with Crippen molar-refractivity contribution in [3.8, 4) is 27.8 Å². The van der Waals surface area contributed by atoms with Crippen LogP contribution in [0.15, 0.2) is 267 Å². The molecule has 149 heavy (non-hydrogen) atoms. The number of nitrogens with zero attached hydrogens (tertiary/aromatic N) is 5. The number of phenols is 1. The van der Waals surface area contributed by atoms with Crippen molar-refractivity contribution in [2.75, 3.05) is 26.1 Å². The summed E-state index contributed by atoms with van der Waals surface area (Å²) in [6, 6.07) is 78.1. The minimum atomic E-state index is -0.330. The number of Topliss-reactive ketones (excluding diaryl/α,β-unsaturated/α-hetero) is 4. The number of carbonyl (C=O) groups excluding carboxylic acids is 7. The van der Waals surface area contributed by atoms with Crippen LogP contribution in [0, 0.1) is 48.7 Å². The van der Waals surface area contributed by atoms with Gasteiger partial charge >= 0.3 is 0 Å². The third-order valence-corrected chi connectivity index (χ3v) is 24.8. The number of ketones is 4. The molecule has 4 N–H and O–H groups in total. The van der Waals surface area contributed by atoms with Crippen LogP contribution in [0.2, 0.25) is 0 Å². The molecule has 0 spiro atoms. The molecular formula is C129H182N8O10S2. The zero-order valence-corrected chi connectivity index (χ0v) is 98.5. The third-order valence-electron chi connectivity index (χ3n) is 23.3. The highest BCUT2D eigenvalue weighted by Crippen LogP contribution is 2.35. The fraction of sp³-hybridized carbons (Fsp3) is 0.473. The lowest BCUT2D eigenvalue weighted by Gasteiger charge is -2.27. The van der Waals surface area contributed by atoms with E-state index in [2.05, 4.69) is 194 Å². The number of thiazole rings is 1. The van der Waals surface area contributed by atoms with E-state index < -0.39 is 0 Å². The van der Waals surface area contributed by atoms with Crippen LogP contribution < -0.4 is 25.4 Å². The zero-order chi connectivity index (χ0) is 112. The Morgan fingerprint density at radius 1 is 0.403 bits per heavy atom. The molecule has 0 saturated heterocycles. The van der Waals surface area contributed by atoms with E-state index in [1.54, 1.807) is 56.1 Å². The van der Waals surface area contributed by atoms with Crippen LogP contribution in [-0.4, -0.2) is 90.4 Å². The number of benzene rings is 8. The van der Waals surface area contributed by atoms with Crippen molar-refractivity contribution in [2.45, 2.75) is 329 Å². The molecule has 0 bridgehead atoms. The monoisotopic (exact) mass is 2070 g/mol. The van der Waals surface area contributed by atoms with Gasteiger partial charge in [0.1, 0.15) is 56.4 Å². The van der Waals surface area contributed by atoms with Crippen LogP contribution in [0.5, 0.6) is 17.2 Å². The summed E-state index contributed by atoms with van der Waals surface area (Å²) in [5.41, 5.74) is 14.1. The molecule has 0 fully saturated rings. The minimum absolute atomic E-state index is 0.0227. The second-order valence-electron chi connectivity index (χ2n) is 49.3. The molecule has 0 unspecified atom stereocenters. The normalized spacial score (nSPS) is 11.5. The number of rotatable bonds is 27. The number of para-hydroxylation sites is 2. The number of phenolic OH excluding ortho intramolecular Hbond substituents is 1. The summed E-state index contributed by atoms with van der Waals surface area (Å²) in [4.78, 5) is 95.2. The van der Waals surface area contributed by atoms with Crippen molar-refractivity contribution >= 4 is 80.6 Å². The summed E-state index contributed by atoms with van der Waals surface area (Å²) in [6.45, 7) is 68.1. The highest BCUT2D eigenvalue weighted by atomic mass is 32.1. The van der Waals surface area contributed by atoms with E-state index in [0.29, 0.717) is 73.2 Å². The second kappa shape index (κ2) is 63.2. The van der Waals surface area contributed by atoms with Crippen molar-refractivity contribution in [3.63, 3.8) is 0 Å². The van der Waals surface area contributed by atoms with Crippen molar-refractivity contribution in [2.24, 2.45) is 48.7 Å². The van der Waals surface area contributed by atoms with Crippen molar-refractivity contribution in [1.82, 2.24) is 34.3 Å². The molecule has 12 aromatic rings. The van der Waals surface area contributed by atoms with Gasteiger partial charge in [-0.2, -0.15) is 8.75 Å². The van der Waals surface area contributed by atoms with Gasteiger partial charge in [0.2, 0.25) is 11.8 Å². The van der Waals surface area contributed by atoms with E-state index in [-0.39, 0.29) is 78.0 Å². The van der Waals surface area contributed by atoms with Crippen LogP contribution >= 0.6 is 23.1 Å². The number of methoxy groups -OCH3 is 2. The Morgan fingerprint density at radius 2 is 0.872 bits per heavy atom. The van der Waals surface area contributed by atoms with E-state index in [9.17, 15) is 38.7 Å². The fourth-order valence-electron chi connectivity index (χ4n) is 13.8. The first-order chi connectivity index (χ1) is 69.2. The summed E-state index contributed by atoms with van der Waals surface area (Å²) in [7, 11) is 3.31. The smallest absolute Gasteiger partial charge is 0.251 e. The quantitative estimate of drug-likeness (QED) is 0.0349. The molecule has 8 aromatic carbocycles. The maximum absolute atomic E-state index is 12.2. The molecule has 4 aromatic heterocycles. The van der Waals surface area contributed by atoms with E-state index in [4.69, 9.17) is 9.47 Å². The van der Waals surface area contributed by atoms with Crippen LogP contribution in [0.3, 0.4) is 0 Å². The van der Waals surface area contributed by atoms with Crippen LogP contribution in [-0.2, 0) is 78.2 Å². The molecule has 0 saturated carbocycles. The molecule has 0 aliphatic heterocycles. The molecule has 4 heterocycles. The number of hydrogen-bond donors (Lipinski definition) is 4. The molecule has 12 rings (SSSR count). The van der Waals surface area contributed by atoms with E-state index >= 15 is 0 Å². The highest BCUT2D eigenvalue weighted by molar-refractivity contribution is 7.13. The molecule has 810 valence electrons. The number of nitrogens with one attached hydrogen (secondary N) is 3. The number of aromatic hydroxyl groups is 1. The standard InChI is InChI=1S/C16H25NO.C14H21NO.2C14H20O2.C13H19NO.C13H18O2.C13H18O.C12H14N2S.C10H12N2S.C10H15N/c1-15(2,3)11-12-16(4,5)14(18)17-13-9-7-6-8-10-13;1-14(2,3)10-7-11-15-13(16)12-8-5-4-6-9-12;1-14(2,3)13(15)10-7-11-5-8-12(16-4)9-6-11;1-14(2,3)13(15)10-9-11-7-5-6-8-12(11)16-4;1-13(2,3)9-12(15)14-10-11-7-5-4-6-8-11;1-13(2,3)12(15)8-7-10-5-4-6-11(14)9-10;1-13(2,3)12(14)10-9-11-7-5-4-6-8-11;1-12(2,3)10-8-15-11(14-10)9-4-6-13-7-5-9;1-10(2,3)7-5-4-6-8-9(7)12-13-11-8;1-10(2,3)8-9-6-4-5-7-11-9/h6-10H,11-12H2,1-5H3,(H,17,18);4-6,8-9H,7,10-11H2,1-3H3,(H,15,16);5-6,8-9H,7,10H2,1-4H3;5-8H,9-10H2,1-4H3;4-8H,9-10H2,1-3H3,(H,14,15);4-6,9,14H,7-8H2,1-3H3;4-8H,9-10H2,1-3H3;4-8H,1-3H3;4-6H,1-3H3;4-7H,8H2,1-3H3. The number of hydrogen-bond acceptors (Lipinski definition) is 17. The lowest BCUT2D eigenvalue weighted by molar-refractivity contribution is -0.126. The molecule has 20 heteroatoms.